The summed E-state index contributed by atoms with van der Waals surface area (Å²) in [5.41, 5.74) is 3.37. The molecule has 3 aromatic rings. The Morgan fingerprint density at radius 2 is 1.77 bits per heavy atom. The molecule has 5 rings (SSSR count). The third kappa shape index (κ3) is 2.15. The van der Waals surface area contributed by atoms with Crippen molar-refractivity contribution in [3.63, 3.8) is 0 Å². The van der Waals surface area contributed by atoms with E-state index in [2.05, 4.69) is 41.7 Å². The molecule has 4 heteroatoms. The maximum Gasteiger partial charge on any atom is 0.274 e. The molecule has 3 atom stereocenters. The summed E-state index contributed by atoms with van der Waals surface area (Å²) in [6.07, 6.45) is 5.41. The standard InChI is InChI=1S/C22H18N2O2/c25-24(26)20-11-4-3-8-19(20)22-17-10-5-9-16(17)18-13-12-14-6-1-2-7-15(14)21(18)23-22/h1-9,11-13,16-17,22-23H,10H2/t16-,17-,22-/m1/s1. The van der Waals surface area contributed by atoms with Crippen LogP contribution in [0.5, 0.6) is 0 Å². The quantitative estimate of drug-likeness (QED) is 0.376. The van der Waals surface area contributed by atoms with Crippen LogP contribution in [-0.2, 0) is 0 Å². The highest BCUT2D eigenvalue weighted by Crippen LogP contribution is 2.52. The zero-order chi connectivity index (χ0) is 17.7. The Kier molecular flexibility index (Phi) is 3.32. The third-order valence-corrected chi connectivity index (χ3v) is 5.73. The van der Waals surface area contributed by atoms with Crippen molar-refractivity contribution in [3.8, 4) is 0 Å². The smallest absolute Gasteiger partial charge is 0.274 e. The van der Waals surface area contributed by atoms with Gasteiger partial charge in [0.05, 0.1) is 16.5 Å². The predicted molar refractivity (Wildman–Crippen MR) is 103 cm³/mol. The van der Waals surface area contributed by atoms with Gasteiger partial charge in [-0.1, -0.05) is 66.7 Å². The van der Waals surface area contributed by atoms with Crippen LogP contribution in [-0.4, -0.2) is 4.92 Å². The number of benzene rings is 3. The summed E-state index contributed by atoms with van der Waals surface area (Å²) >= 11 is 0. The Morgan fingerprint density at radius 1 is 0.962 bits per heavy atom. The molecule has 1 aliphatic heterocycles. The van der Waals surface area contributed by atoms with Gasteiger partial charge in [-0.3, -0.25) is 10.1 Å². The van der Waals surface area contributed by atoms with Crippen LogP contribution < -0.4 is 5.32 Å². The normalized spacial score (nSPS) is 23.3. The fraction of sp³-hybridized carbons (Fsp3) is 0.182. The number of fused-ring (bicyclic) bond motifs is 5. The predicted octanol–water partition coefficient (Wildman–Crippen LogP) is 5.57. The molecule has 1 heterocycles. The van der Waals surface area contributed by atoms with E-state index in [1.54, 1.807) is 12.1 Å². The Hall–Kier alpha value is -3.14. The van der Waals surface area contributed by atoms with Gasteiger partial charge < -0.3 is 5.32 Å². The molecule has 0 bridgehead atoms. The number of nitro benzene ring substituents is 1. The molecule has 4 nitrogen and oxygen atoms in total. The van der Waals surface area contributed by atoms with Crippen molar-refractivity contribution >= 4 is 22.1 Å². The first-order valence-corrected chi connectivity index (χ1v) is 8.92. The van der Waals surface area contributed by atoms with Crippen molar-refractivity contribution in [3.05, 3.63) is 94.1 Å². The Bertz CT molecular complexity index is 1060. The second-order valence-electron chi connectivity index (χ2n) is 7.04. The van der Waals surface area contributed by atoms with Gasteiger partial charge >= 0.3 is 0 Å². The highest BCUT2D eigenvalue weighted by Gasteiger charge is 2.40. The zero-order valence-corrected chi connectivity index (χ0v) is 14.1. The molecule has 128 valence electrons. The van der Waals surface area contributed by atoms with E-state index >= 15 is 0 Å². The molecular weight excluding hydrogens is 324 g/mol. The van der Waals surface area contributed by atoms with Crippen molar-refractivity contribution in [1.29, 1.82) is 0 Å². The number of nitrogens with one attached hydrogen (secondary N) is 1. The molecule has 0 saturated carbocycles. The number of hydrogen-bond donors (Lipinski definition) is 1. The summed E-state index contributed by atoms with van der Waals surface area (Å²) in [5, 5.41) is 17.6. The first-order chi connectivity index (χ1) is 12.7. The average molecular weight is 342 g/mol. The minimum Gasteiger partial charge on any atom is -0.377 e. The number of nitro groups is 1. The molecule has 3 aromatic carbocycles. The van der Waals surface area contributed by atoms with Crippen LogP contribution in [0.3, 0.4) is 0 Å². The lowest BCUT2D eigenvalue weighted by atomic mass is 9.76. The van der Waals surface area contributed by atoms with Crippen molar-refractivity contribution in [2.24, 2.45) is 5.92 Å². The average Bonchev–Trinajstić information content (AvgIpc) is 3.17. The first kappa shape index (κ1) is 15.1. The lowest BCUT2D eigenvalue weighted by molar-refractivity contribution is -0.385. The first-order valence-electron chi connectivity index (χ1n) is 8.92. The van der Waals surface area contributed by atoms with Crippen LogP contribution in [0.1, 0.15) is 29.5 Å². The van der Waals surface area contributed by atoms with Crippen LogP contribution >= 0.6 is 0 Å². The van der Waals surface area contributed by atoms with Gasteiger partial charge in [-0.15, -0.1) is 0 Å². The monoisotopic (exact) mass is 342 g/mol. The van der Waals surface area contributed by atoms with E-state index in [0.29, 0.717) is 11.8 Å². The number of nitrogens with zero attached hydrogens (tertiary/aromatic N) is 1. The molecule has 0 radical (unpaired) electrons. The minimum atomic E-state index is -0.271. The summed E-state index contributed by atoms with van der Waals surface area (Å²) in [6, 6.07) is 19.7. The fourth-order valence-corrected chi connectivity index (χ4v) is 4.56. The van der Waals surface area contributed by atoms with Gasteiger partial charge in [0, 0.05) is 23.1 Å². The Morgan fingerprint density at radius 3 is 2.65 bits per heavy atom. The summed E-state index contributed by atoms with van der Waals surface area (Å²) in [6.45, 7) is 0. The van der Waals surface area contributed by atoms with Crippen LogP contribution in [0.2, 0.25) is 0 Å². The molecule has 1 aliphatic carbocycles. The van der Waals surface area contributed by atoms with Crippen LogP contribution in [0.4, 0.5) is 11.4 Å². The van der Waals surface area contributed by atoms with E-state index in [9.17, 15) is 10.1 Å². The highest BCUT2D eigenvalue weighted by molar-refractivity contribution is 5.96. The SMILES string of the molecule is O=[N+]([O-])c1ccccc1[C@@H]1Nc2c(ccc3ccccc23)[C@@H]2C=CC[C@H]21. The van der Waals surface area contributed by atoms with Gasteiger partial charge in [-0.2, -0.15) is 0 Å². The second-order valence-corrected chi connectivity index (χ2v) is 7.04. The van der Waals surface area contributed by atoms with Crippen molar-refractivity contribution in [2.45, 2.75) is 18.4 Å². The van der Waals surface area contributed by atoms with Gasteiger partial charge in [0.2, 0.25) is 0 Å². The topological polar surface area (TPSA) is 55.2 Å². The minimum absolute atomic E-state index is 0.0742. The van der Waals surface area contributed by atoms with Gasteiger partial charge in [0.25, 0.3) is 5.69 Å². The van der Waals surface area contributed by atoms with Gasteiger partial charge in [0.1, 0.15) is 0 Å². The Labute approximate surface area is 151 Å². The molecular formula is C22H18N2O2. The lowest BCUT2D eigenvalue weighted by Crippen LogP contribution is -2.29. The summed E-state index contributed by atoms with van der Waals surface area (Å²) in [7, 11) is 0. The second kappa shape index (κ2) is 5.70. The lowest BCUT2D eigenvalue weighted by Gasteiger charge is -2.37. The molecule has 0 amide bonds. The molecule has 0 saturated heterocycles. The molecule has 0 unspecified atom stereocenters. The van der Waals surface area contributed by atoms with Crippen LogP contribution in [0, 0.1) is 16.0 Å². The van der Waals surface area contributed by atoms with E-state index in [1.807, 2.05) is 24.3 Å². The number of allylic oxidation sites excluding steroid dienone is 2. The van der Waals surface area contributed by atoms with E-state index in [1.165, 1.54) is 16.3 Å². The maximum atomic E-state index is 11.6. The zero-order valence-electron chi connectivity index (χ0n) is 14.1. The van der Waals surface area contributed by atoms with Crippen LogP contribution in [0.25, 0.3) is 10.8 Å². The summed E-state index contributed by atoms with van der Waals surface area (Å²) in [4.78, 5) is 11.3. The third-order valence-electron chi connectivity index (χ3n) is 5.73. The van der Waals surface area contributed by atoms with Gasteiger partial charge in [-0.05, 0) is 23.3 Å². The highest BCUT2D eigenvalue weighted by atomic mass is 16.6. The van der Waals surface area contributed by atoms with E-state index < -0.39 is 0 Å². The maximum absolute atomic E-state index is 11.6. The van der Waals surface area contributed by atoms with Crippen molar-refractivity contribution < 1.29 is 4.92 Å². The van der Waals surface area contributed by atoms with Gasteiger partial charge in [0.15, 0.2) is 0 Å². The van der Waals surface area contributed by atoms with Crippen LogP contribution in [0.15, 0.2) is 72.8 Å². The van der Waals surface area contributed by atoms with E-state index in [4.69, 9.17) is 0 Å². The Balaban J connectivity index is 1.72. The van der Waals surface area contributed by atoms with E-state index in [-0.39, 0.29) is 16.7 Å². The summed E-state index contributed by atoms with van der Waals surface area (Å²) in [5.74, 6) is 0.588. The molecule has 26 heavy (non-hydrogen) atoms. The number of para-hydroxylation sites is 1. The largest absolute Gasteiger partial charge is 0.377 e. The van der Waals surface area contributed by atoms with Crippen molar-refractivity contribution in [1.82, 2.24) is 0 Å². The fourth-order valence-electron chi connectivity index (χ4n) is 4.56. The molecule has 0 aromatic heterocycles. The van der Waals surface area contributed by atoms with E-state index in [0.717, 1.165) is 17.7 Å². The molecule has 2 aliphatic rings. The number of rotatable bonds is 2. The molecule has 1 N–H and O–H groups in total. The van der Waals surface area contributed by atoms with Gasteiger partial charge in [-0.25, -0.2) is 0 Å². The summed E-state index contributed by atoms with van der Waals surface area (Å²) < 4.78 is 0. The molecule has 0 fully saturated rings. The van der Waals surface area contributed by atoms with Crippen molar-refractivity contribution in [2.75, 3.05) is 5.32 Å². The number of anilines is 1. The number of hydrogen-bond acceptors (Lipinski definition) is 3. The molecule has 0 spiro atoms.